The molecule has 0 heterocycles. The molecule has 0 aliphatic heterocycles. The van der Waals surface area contributed by atoms with Gasteiger partial charge in [-0.3, -0.25) is 4.79 Å². The molecule has 3 nitrogen and oxygen atoms in total. The van der Waals surface area contributed by atoms with Crippen LogP contribution in [0.25, 0.3) is 0 Å². The van der Waals surface area contributed by atoms with Crippen LogP contribution in [0.1, 0.15) is 15.9 Å². The second-order valence-electron chi connectivity index (χ2n) is 4.20. The fourth-order valence-corrected chi connectivity index (χ4v) is 2.36. The summed E-state index contributed by atoms with van der Waals surface area (Å²) < 4.78 is 6.00. The molecule has 0 radical (unpaired) electrons. The third-order valence-electron chi connectivity index (χ3n) is 2.65. The van der Waals surface area contributed by atoms with Crippen molar-refractivity contribution >= 4 is 27.5 Å². The van der Waals surface area contributed by atoms with Crippen LogP contribution in [0.15, 0.2) is 46.9 Å². The molecule has 0 atom stereocenters. The lowest BCUT2D eigenvalue weighted by atomic mass is 10.2. The van der Waals surface area contributed by atoms with Gasteiger partial charge in [-0.25, -0.2) is 0 Å². The minimum Gasteiger partial charge on any atom is -0.497 e. The summed E-state index contributed by atoms with van der Waals surface area (Å²) in [5.74, 6) is 0.593. The third kappa shape index (κ3) is 3.58. The first-order valence-corrected chi connectivity index (χ1v) is 6.60. The van der Waals surface area contributed by atoms with Crippen LogP contribution in [0.2, 0.25) is 0 Å². The number of carbonyl (C=O) groups excluding carboxylic acids is 1. The summed E-state index contributed by atoms with van der Waals surface area (Å²) in [6.07, 6.45) is 0. The maximum absolute atomic E-state index is 12.1. The van der Waals surface area contributed by atoms with Gasteiger partial charge in [0.15, 0.2) is 0 Å². The molecule has 1 amide bonds. The quantitative estimate of drug-likeness (QED) is 0.928. The average molecular weight is 320 g/mol. The number of benzene rings is 2. The number of halogens is 1. The van der Waals surface area contributed by atoms with Crippen LogP contribution in [0.5, 0.6) is 5.75 Å². The van der Waals surface area contributed by atoms with Gasteiger partial charge in [-0.1, -0.05) is 15.9 Å². The molecule has 2 aromatic rings. The van der Waals surface area contributed by atoms with Gasteiger partial charge in [0.2, 0.25) is 0 Å². The van der Waals surface area contributed by atoms with E-state index in [4.69, 9.17) is 4.74 Å². The normalized spacial score (nSPS) is 10.1. The molecule has 0 spiro atoms. The van der Waals surface area contributed by atoms with Gasteiger partial charge in [-0.2, -0.15) is 0 Å². The van der Waals surface area contributed by atoms with Crippen LogP contribution < -0.4 is 10.1 Å². The lowest BCUT2D eigenvalue weighted by Crippen LogP contribution is -2.11. The molecule has 0 aliphatic rings. The van der Waals surface area contributed by atoms with Gasteiger partial charge < -0.3 is 10.1 Å². The van der Waals surface area contributed by atoms with E-state index in [9.17, 15) is 4.79 Å². The second kappa shape index (κ2) is 5.89. The molecular formula is C15H14BrNO2. The van der Waals surface area contributed by atoms with Crippen LogP contribution in [0.4, 0.5) is 5.69 Å². The fourth-order valence-electron chi connectivity index (χ4n) is 1.75. The van der Waals surface area contributed by atoms with Gasteiger partial charge in [0.1, 0.15) is 5.75 Å². The van der Waals surface area contributed by atoms with Gasteiger partial charge in [-0.05, 0) is 55.0 Å². The molecule has 4 heteroatoms. The fraction of sp³-hybridized carbons (Fsp3) is 0.133. The zero-order chi connectivity index (χ0) is 13.8. The highest BCUT2D eigenvalue weighted by Gasteiger charge is 2.06. The highest BCUT2D eigenvalue weighted by Crippen LogP contribution is 2.20. The molecule has 2 rings (SSSR count). The zero-order valence-electron chi connectivity index (χ0n) is 10.7. The van der Waals surface area contributed by atoms with Crippen molar-refractivity contribution in [1.82, 2.24) is 0 Å². The van der Waals surface area contributed by atoms with E-state index in [1.54, 1.807) is 31.4 Å². The van der Waals surface area contributed by atoms with E-state index in [1.165, 1.54) is 0 Å². The summed E-state index contributed by atoms with van der Waals surface area (Å²) in [6, 6.07) is 12.8. The number of amides is 1. The monoisotopic (exact) mass is 319 g/mol. The summed E-state index contributed by atoms with van der Waals surface area (Å²) in [6.45, 7) is 1.98. The molecular weight excluding hydrogens is 306 g/mol. The average Bonchev–Trinajstić information content (AvgIpc) is 2.37. The first kappa shape index (κ1) is 13.6. The van der Waals surface area contributed by atoms with E-state index in [2.05, 4.69) is 21.2 Å². The number of carbonyl (C=O) groups is 1. The maximum Gasteiger partial charge on any atom is 0.255 e. The first-order valence-electron chi connectivity index (χ1n) is 5.81. The van der Waals surface area contributed by atoms with E-state index in [-0.39, 0.29) is 5.91 Å². The minimum absolute atomic E-state index is 0.139. The Bertz CT molecular complexity index is 573. The van der Waals surface area contributed by atoms with Crippen molar-refractivity contribution in [3.8, 4) is 5.75 Å². The Morgan fingerprint density at radius 1 is 1.16 bits per heavy atom. The number of nitrogens with one attached hydrogen (secondary N) is 1. The highest BCUT2D eigenvalue weighted by molar-refractivity contribution is 9.10. The predicted octanol–water partition coefficient (Wildman–Crippen LogP) is 4.02. The van der Waals surface area contributed by atoms with Gasteiger partial charge >= 0.3 is 0 Å². The number of aryl methyl sites for hydroxylation is 1. The van der Waals surface area contributed by atoms with Crippen LogP contribution in [0.3, 0.4) is 0 Å². The summed E-state index contributed by atoms with van der Waals surface area (Å²) in [7, 11) is 1.60. The second-order valence-corrected chi connectivity index (χ2v) is 5.12. The third-order valence-corrected chi connectivity index (χ3v) is 3.11. The van der Waals surface area contributed by atoms with E-state index in [0.29, 0.717) is 5.56 Å². The van der Waals surface area contributed by atoms with Crippen molar-refractivity contribution in [3.05, 3.63) is 58.1 Å². The number of methoxy groups -OCH3 is 1. The molecule has 0 bridgehead atoms. The number of rotatable bonds is 3. The number of hydrogen-bond donors (Lipinski definition) is 1. The summed E-state index contributed by atoms with van der Waals surface area (Å²) in [5.41, 5.74) is 2.45. The molecule has 19 heavy (non-hydrogen) atoms. The Kier molecular flexibility index (Phi) is 4.22. The Morgan fingerprint density at radius 3 is 2.42 bits per heavy atom. The molecule has 0 unspecified atom stereocenters. The smallest absolute Gasteiger partial charge is 0.255 e. The SMILES string of the molecule is COc1ccc(C(=O)Nc2cc(C)cc(Br)c2)cc1. The van der Waals surface area contributed by atoms with E-state index < -0.39 is 0 Å². The van der Waals surface area contributed by atoms with E-state index in [1.807, 2.05) is 25.1 Å². The van der Waals surface area contributed by atoms with Gasteiger partial charge in [0.25, 0.3) is 5.91 Å². The van der Waals surface area contributed by atoms with Crippen LogP contribution >= 0.6 is 15.9 Å². The van der Waals surface area contributed by atoms with E-state index >= 15 is 0 Å². The van der Waals surface area contributed by atoms with Crippen LogP contribution in [-0.2, 0) is 0 Å². The molecule has 0 saturated heterocycles. The predicted molar refractivity (Wildman–Crippen MR) is 79.8 cm³/mol. The van der Waals surface area contributed by atoms with Gasteiger partial charge in [0, 0.05) is 15.7 Å². The standard InChI is InChI=1S/C15H14BrNO2/c1-10-7-12(16)9-13(8-10)17-15(18)11-3-5-14(19-2)6-4-11/h3-9H,1-2H3,(H,17,18). The molecule has 98 valence electrons. The maximum atomic E-state index is 12.1. The summed E-state index contributed by atoms with van der Waals surface area (Å²) in [4.78, 5) is 12.1. The lowest BCUT2D eigenvalue weighted by molar-refractivity contribution is 0.102. The lowest BCUT2D eigenvalue weighted by Gasteiger charge is -2.07. The molecule has 0 saturated carbocycles. The van der Waals surface area contributed by atoms with Gasteiger partial charge in [0.05, 0.1) is 7.11 Å². The Hall–Kier alpha value is -1.81. The number of ether oxygens (including phenoxy) is 1. The topological polar surface area (TPSA) is 38.3 Å². The summed E-state index contributed by atoms with van der Waals surface area (Å²) in [5, 5.41) is 2.87. The highest BCUT2D eigenvalue weighted by atomic mass is 79.9. The number of anilines is 1. The van der Waals surface area contributed by atoms with Crippen LogP contribution in [-0.4, -0.2) is 13.0 Å². The van der Waals surface area contributed by atoms with Crippen molar-refractivity contribution in [2.45, 2.75) is 6.92 Å². The molecule has 0 aromatic heterocycles. The van der Waals surface area contributed by atoms with Crippen molar-refractivity contribution in [2.24, 2.45) is 0 Å². The van der Waals surface area contributed by atoms with Crippen LogP contribution in [0, 0.1) is 6.92 Å². The van der Waals surface area contributed by atoms with Gasteiger partial charge in [-0.15, -0.1) is 0 Å². The Balaban J connectivity index is 2.15. The van der Waals surface area contributed by atoms with E-state index in [0.717, 1.165) is 21.5 Å². The summed E-state index contributed by atoms with van der Waals surface area (Å²) >= 11 is 3.41. The Labute approximate surface area is 120 Å². The van der Waals surface area contributed by atoms with Crippen molar-refractivity contribution < 1.29 is 9.53 Å². The molecule has 0 fully saturated rings. The molecule has 2 aromatic carbocycles. The Morgan fingerprint density at radius 2 is 1.84 bits per heavy atom. The minimum atomic E-state index is -0.139. The molecule has 1 N–H and O–H groups in total. The zero-order valence-corrected chi connectivity index (χ0v) is 12.3. The largest absolute Gasteiger partial charge is 0.497 e. The first-order chi connectivity index (χ1) is 9.08. The van der Waals surface area contributed by atoms with Crippen molar-refractivity contribution in [1.29, 1.82) is 0 Å². The van der Waals surface area contributed by atoms with Crippen molar-refractivity contribution in [2.75, 3.05) is 12.4 Å². The molecule has 0 aliphatic carbocycles. The van der Waals surface area contributed by atoms with Crippen molar-refractivity contribution in [3.63, 3.8) is 0 Å². The number of hydrogen-bond acceptors (Lipinski definition) is 2.